The molecule has 7 nitrogen and oxygen atoms in total. The molecule has 3 rings (SSSR count). The maximum atomic E-state index is 12.2. The number of anilines is 1. The minimum Gasteiger partial charge on any atom is -0.465 e. The van der Waals surface area contributed by atoms with Crippen LogP contribution < -0.4 is 5.32 Å². The molecule has 0 aromatic carbocycles. The van der Waals surface area contributed by atoms with Gasteiger partial charge in [0, 0.05) is 24.5 Å². The number of nitriles is 1. The fourth-order valence-electron chi connectivity index (χ4n) is 3.27. The number of furan rings is 1. The minimum atomic E-state index is -0.374. The average Bonchev–Trinajstić information content (AvgIpc) is 3.37. The van der Waals surface area contributed by atoms with Crippen LogP contribution in [-0.2, 0) is 22.4 Å². The van der Waals surface area contributed by atoms with Gasteiger partial charge in [-0.2, -0.15) is 5.26 Å². The topological polar surface area (TPSA) is 95.6 Å². The van der Waals surface area contributed by atoms with Gasteiger partial charge in [0.2, 0.25) is 5.91 Å². The molecule has 0 fully saturated rings. The molecule has 1 aliphatic carbocycles. The molecule has 0 radical (unpaired) electrons. The number of amides is 2. The fraction of sp³-hybridized carbons (Fsp3) is 0.318. The van der Waals surface area contributed by atoms with Crippen LogP contribution in [0.2, 0.25) is 0 Å². The quantitative estimate of drug-likeness (QED) is 0.529. The van der Waals surface area contributed by atoms with Gasteiger partial charge in [-0.1, -0.05) is 6.08 Å². The summed E-state index contributed by atoms with van der Waals surface area (Å²) in [4.78, 5) is 26.7. The number of fused-ring (bicyclic) bond motifs is 1. The Labute approximate surface area is 179 Å². The van der Waals surface area contributed by atoms with Gasteiger partial charge >= 0.3 is 6.09 Å². The maximum Gasteiger partial charge on any atom is 0.409 e. The molecule has 2 aromatic heterocycles. The number of carbonyl (C=O) groups excluding carboxylic acids is 2. The lowest BCUT2D eigenvalue weighted by Gasteiger charge is -2.23. The van der Waals surface area contributed by atoms with Crippen molar-refractivity contribution < 1.29 is 18.7 Å². The number of likely N-dealkylation sites (N-methyl/N-ethyl adjacent to an activating group) is 1. The number of hydrogen-bond donors (Lipinski definition) is 1. The number of nitrogens with zero attached hydrogens (tertiary/aromatic N) is 2. The van der Waals surface area contributed by atoms with Gasteiger partial charge in [0.05, 0.1) is 18.4 Å². The lowest BCUT2D eigenvalue weighted by atomic mass is 9.88. The first-order valence-corrected chi connectivity index (χ1v) is 10.4. The van der Waals surface area contributed by atoms with Crippen molar-refractivity contribution in [1.82, 2.24) is 4.90 Å². The van der Waals surface area contributed by atoms with E-state index in [0.29, 0.717) is 35.9 Å². The summed E-state index contributed by atoms with van der Waals surface area (Å²) in [7, 11) is 1.66. The SMILES string of the molecule is C=CCN(C)C(=O)OCC1CCc2c(sc(NC(=O)/C=C/c3ccco3)c2C#N)C1. The number of carbonyl (C=O) groups is 2. The smallest absolute Gasteiger partial charge is 0.409 e. The fourth-order valence-corrected chi connectivity index (χ4v) is 4.58. The van der Waals surface area contributed by atoms with E-state index in [0.717, 1.165) is 23.3 Å². The van der Waals surface area contributed by atoms with Gasteiger partial charge in [-0.05, 0) is 49.0 Å². The third kappa shape index (κ3) is 5.19. The van der Waals surface area contributed by atoms with Crippen LogP contribution in [-0.4, -0.2) is 37.1 Å². The van der Waals surface area contributed by atoms with Gasteiger partial charge in [-0.3, -0.25) is 4.79 Å². The van der Waals surface area contributed by atoms with Gasteiger partial charge in [0.1, 0.15) is 16.8 Å². The molecule has 1 atom stereocenters. The molecule has 0 bridgehead atoms. The van der Waals surface area contributed by atoms with Gasteiger partial charge in [-0.15, -0.1) is 17.9 Å². The second kappa shape index (κ2) is 9.94. The molecule has 2 aromatic rings. The van der Waals surface area contributed by atoms with Crippen LogP contribution in [0, 0.1) is 17.2 Å². The summed E-state index contributed by atoms with van der Waals surface area (Å²) in [6, 6.07) is 5.71. The highest BCUT2D eigenvalue weighted by atomic mass is 32.1. The third-order valence-electron chi connectivity index (χ3n) is 4.82. The zero-order valence-corrected chi connectivity index (χ0v) is 17.5. The van der Waals surface area contributed by atoms with Crippen LogP contribution in [0.3, 0.4) is 0 Å². The monoisotopic (exact) mass is 425 g/mol. The van der Waals surface area contributed by atoms with E-state index in [4.69, 9.17) is 9.15 Å². The summed E-state index contributed by atoms with van der Waals surface area (Å²) in [5, 5.41) is 13.0. The summed E-state index contributed by atoms with van der Waals surface area (Å²) < 4.78 is 10.6. The van der Waals surface area contributed by atoms with Gasteiger partial charge in [0.15, 0.2) is 0 Å². The number of nitrogens with one attached hydrogen (secondary N) is 1. The molecule has 0 saturated heterocycles. The van der Waals surface area contributed by atoms with Gasteiger partial charge in [-0.25, -0.2) is 4.79 Å². The van der Waals surface area contributed by atoms with Crippen molar-refractivity contribution in [2.24, 2.45) is 5.92 Å². The summed E-state index contributed by atoms with van der Waals surface area (Å²) in [6.45, 7) is 4.37. The van der Waals surface area contributed by atoms with Crippen molar-refractivity contribution in [1.29, 1.82) is 5.26 Å². The largest absolute Gasteiger partial charge is 0.465 e. The zero-order valence-electron chi connectivity index (χ0n) is 16.7. The molecule has 0 aliphatic heterocycles. The van der Waals surface area contributed by atoms with Crippen LogP contribution in [0.4, 0.5) is 9.80 Å². The molecule has 156 valence electrons. The van der Waals surface area contributed by atoms with E-state index in [9.17, 15) is 14.9 Å². The molecule has 2 amide bonds. The highest BCUT2D eigenvalue weighted by molar-refractivity contribution is 7.16. The maximum absolute atomic E-state index is 12.2. The number of rotatable bonds is 7. The molecule has 30 heavy (non-hydrogen) atoms. The molecular weight excluding hydrogens is 402 g/mol. The summed E-state index contributed by atoms with van der Waals surface area (Å²) in [6.07, 6.45) is 8.00. The molecule has 2 heterocycles. The Hall–Kier alpha value is -3.31. The molecule has 0 spiro atoms. The number of hydrogen-bond acceptors (Lipinski definition) is 6. The Morgan fingerprint density at radius 2 is 2.37 bits per heavy atom. The second-order valence-corrected chi connectivity index (χ2v) is 8.12. The van der Waals surface area contributed by atoms with Gasteiger partial charge in [0.25, 0.3) is 0 Å². The normalized spacial score (nSPS) is 15.3. The van der Waals surface area contributed by atoms with Crippen LogP contribution in [0.5, 0.6) is 0 Å². The highest BCUT2D eigenvalue weighted by Gasteiger charge is 2.27. The van der Waals surface area contributed by atoms with Crippen molar-refractivity contribution in [2.75, 3.05) is 25.5 Å². The predicted molar refractivity (Wildman–Crippen MR) is 115 cm³/mol. The van der Waals surface area contributed by atoms with Crippen molar-refractivity contribution in [3.05, 3.63) is 58.9 Å². The Morgan fingerprint density at radius 1 is 1.53 bits per heavy atom. The lowest BCUT2D eigenvalue weighted by Crippen LogP contribution is -2.30. The van der Waals surface area contributed by atoms with E-state index < -0.39 is 0 Å². The molecule has 8 heteroatoms. The lowest BCUT2D eigenvalue weighted by molar-refractivity contribution is -0.111. The Bertz CT molecular complexity index is 985. The first-order chi connectivity index (χ1) is 14.5. The summed E-state index contributed by atoms with van der Waals surface area (Å²) in [5.74, 6) is 0.440. The van der Waals surface area contributed by atoms with Crippen molar-refractivity contribution in [3.63, 3.8) is 0 Å². The van der Waals surface area contributed by atoms with E-state index in [1.807, 2.05) is 0 Å². The third-order valence-corrected chi connectivity index (χ3v) is 5.98. The molecular formula is C22H23N3O4S. The van der Waals surface area contributed by atoms with Crippen LogP contribution in [0.1, 0.15) is 28.2 Å². The van der Waals surface area contributed by atoms with E-state index in [1.54, 1.807) is 31.3 Å². The Kier molecular flexibility index (Phi) is 7.09. The second-order valence-electron chi connectivity index (χ2n) is 7.01. The molecule has 0 saturated carbocycles. The Balaban J connectivity index is 1.62. The van der Waals surface area contributed by atoms with Crippen molar-refractivity contribution in [3.8, 4) is 6.07 Å². The van der Waals surface area contributed by atoms with E-state index in [1.165, 1.54) is 28.6 Å². The highest BCUT2D eigenvalue weighted by Crippen LogP contribution is 2.39. The molecule has 1 aliphatic rings. The average molecular weight is 426 g/mol. The number of ether oxygens (including phenoxy) is 1. The minimum absolute atomic E-state index is 0.186. The Morgan fingerprint density at radius 3 is 3.07 bits per heavy atom. The van der Waals surface area contributed by atoms with Gasteiger partial charge < -0.3 is 19.4 Å². The summed E-state index contributed by atoms with van der Waals surface area (Å²) >= 11 is 1.41. The predicted octanol–water partition coefficient (Wildman–Crippen LogP) is 4.22. The molecule has 1 unspecified atom stereocenters. The first-order valence-electron chi connectivity index (χ1n) is 9.57. The van der Waals surface area contributed by atoms with Crippen LogP contribution >= 0.6 is 11.3 Å². The number of thiophene rings is 1. The van der Waals surface area contributed by atoms with Crippen molar-refractivity contribution >= 4 is 34.4 Å². The van der Waals surface area contributed by atoms with E-state index >= 15 is 0 Å². The standard InChI is InChI=1S/C22H23N3O4S/c1-3-10-25(2)22(27)29-14-15-6-8-17-18(13-23)21(30-19(17)12-15)24-20(26)9-7-16-5-4-11-28-16/h3-5,7,9,11,15H,1,6,8,10,12,14H2,2H3,(H,24,26)/b9-7+. The van der Waals surface area contributed by atoms with Crippen LogP contribution in [0.25, 0.3) is 6.08 Å². The zero-order chi connectivity index (χ0) is 21.5. The van der Waals surface area contributed by atoms with E-state index in [-0.39, 0.29) is 17.9 Å². The van der Waals surface area contributed by atoms with Crippen LogP contribution in [0.15, 0.2) is 41.5 Å². The van der Waals surface area contributed by atoms with Crippen molar-refractivity contribution in [2.45, 2.75) is 19.3 Å². The van der Waals surface area contributed by atoms with E-state index in [2.05, 4.69) is 18.0 Å². The first kappa shape index (κ1) is 21.4. The summed E-state index contributed by atoms with van der Waals surface area (Å²) in [5.41, 5.74) is 1.51. The molecule has 1 N–H and O–H groups in total.